The summed E-state index contributed by atoms with van der Waals surface area (Å²) in [6.07, 6.45) is 0. The van der Waals surface area contributed by atoms with Gasteiger partial charge < -0.3 is 20.5 Å². The van der Waals surface area contributed by atoms with E-state index in [2.05, 4.69) is 10.6 Å². The number of aliphatic hydroxyl groups is 1. The Kier molecular flexibility index (Phi) is 6.27. The molecule has 1 rings (SSSR count). The highest BCUT2D eigenvalue weighted by Crippen LogP contribution is 2.16. The van der Waals surface area contributed by atoms with Crippen molar-refractivity contribution in [1.29, 1.82) is 0 Å². The number of carbonyl (C=O) groups is 1. The van der Waals surface area contributed by atoms with Crippen molar-refractivity contribution in [3.05, 3.63) is 34.4 Å². The quantitative estimate of drug-likeness (QED) is 0.383. The molecule has 104 valence electrons. The zero-order valence-electron chi connectivity index (χ0n) is 10.2. The first kappa shape index (κ1) is 14.9. The Balaban J connectivity index is 2.35. The summed E-state index contributed by atoms with van der Waals surface area (Å²) in [5.74, 6) is 0. The van der Waals surface area contributed by atoms with Gasteiger partial charge in [-0.05, 0) is 6.07 Å². The minimum absolute atomic E-state index is 0.0696. The molecule has 0 aliphatic rings. The van der Waals surface area contributed by atoms with E-state index in [1.165, 1.54) is 18.2 Å². The highest BCUT2D eigenvalue weighted by molar-refractivity contribution is 5.89. The Hall–Kier alpha value is -2.19. The summed E-state index contributed by atoms with van der Waals surface area (Å²) in [5, 5.41) is 24.0. The number of anilines is 1. The number of nitro groups is 1. The number of nitrogens with zero attached hydrogens (tertiary/aromatic N) is 1. The number of urea groups is 1. The molecule has 0 saturated carbocycles. The Bertz CT molecular complexity index is 438. The zero-order valence-corrected chi connectivity index (χ0v) is 10.2. The third-order valence-corrected chi connectivity index (χ3v) is 2.08. The van der Waals surface area contributed by atoms with Gasteiger partial charge in [0, 0.05) is 24.4 Å². The van der Waals surface area contributed by atoms with Crippen LogP contribution < -0.4 is 10.6 Å². The summed E-state index contributed by atoms with van der Waals surface area (Å²) in [6, 6.07) is 5.16. The first-order valence-electron chi connectivity index (χ1n) is 5.61. The van der Waals surface area contributed by atoms with E-state index >= 15 is 0 Å². The Morgan fingerprint density at radius 3 is 2.89 bits per heavy atom. The highest BCUT2D eigenvalue weighted by Gasteiger charge is 2.07. The molecule has 2 amide bonds. The third-order valence-electron chi connectivity index (χ3n) is 2.08. The van der Waals surface area contributed by atoms with Crippen LogP contribution in [0.2, 0.25) is 0 Å². The van der Waals surface area contributed by atoms with Crippen LogP contribution >= 0.6 is 0 Å². The molecule has 0 unspecified atom stereocenters. The molecule has 0 aromatic heterocycles. The van der Waals surface area contributed by atoms with E-state index in [1.54, 1.807) is 6.07 Å². The fourth-order valence-corrected chi connectivity index (χ4v) is 1.28. The second-order valence-corrected chi connectivity index (χ2v) is 3.52. The lowest BCUT2D eigenvalue weighted by Gasteiger charge is -2.07. The monoisotopic (exact) mass is 269 g/mol. The van der Waals surface area contributed by atoms with Crippen LogP contribution in [0.25, 0.3) is 0 Å². The normalized spacial score (nSPS) is 9.95. The first-order chi connectivity index (χ1) is 9.13. The summed E-state index contributed by atoms with van der Waals surface area (Å²) in [6.45, 7) is 0.706. The molecule has 8 heteroatoms. The number of amides is 2. The minimum atomic E-state index is -0.536. The fraction of sp³-hybridized carbons (Fsp3) is 0.364. The van der Waals surface area contributed by atoms with E-state index in [4.69, 9.17) is 9.84 Å². The average molecular weight is 269 g/mol. The maximum Gasteiger partial charge on any atom is 0.319 e. The third kappa shape index (κ3) is 5.80. The summed E-state index contributed by atoms with van der Waals surface area (Å²) in [5.41, 5.74) is 0.243. The van der Waals surface area contributed by atoms with Gasteiger partial charge in [0.2, 0.25) is 0 Å². The number of carbonyl (C=O) groups excluding carboxylic acids is 1. The molecule has 0 saturated heterocycles. The van der Waals surface area contributed by atoms with Gasteiger partial charge in [0.15, 0.2) is 0 Å². The predicted molar refractivity (Wildman–Crippen MR) is 68.0 cm³/mol. The van der Waals surface area contributed by atoms with E-state index in [-0.39, 0.29) is 32.1 Å². The van der Waals surface area contributed by atoms with Gasteiger partial charge in [-0.3, -0.25) is 10.1 Å². The van der Waals surface area contributed by atoms with Crippen molar-refractivity contribution in [2.24, 2.45) is 0 Å². The molecule has 1 aromatic carbocycles. The number of aliphatic hydroxyl groups excluding tert-OH is 1. The number of hydrogen-bond donors (Lipinski definition) is 3. The molecule has 0 radical (unpaired) electrons. The molecule has 1 aromatic rings. The van der Waals surface area contributed by atoms with Crippen LogP contribution in [-0.2, 0) is 4.74 Å². The summed E-state index contributed by atoms with van der Waals surface area (Å²) in [4.78, 5) is 21.4. The molecule has 3 N–H and O–H groups in total. The van der Waals surface area contributed by atoms with Crippen LogP contribution in [0, 0.1) is 10.1 Å². The molecule has 19 heavy (non-hydrogen) atoms. The van der Waals surface area contributed by atoms with E-state index in [0.29, 0.717) is 5.69 Å². The van der Waals surface area contributed by atoms with Gasteiger partial charge in [-0.1, -0.05) is 6.07 Å². The topological polar surface area (TPSA) is 114 Å². The van der Waals surface area contributed by atoms with Gasteiger partial charge in [-0.15, -0.1) is 0 Å². The Morgan fingerprint density at radius 2 is 2.21 bits per heavy atom. The van der Waals surface area contributed by atoms with Crippen LogP contribution in [0.5, 0.6) is 0 Å². The van der Waals surface area contributed by atoms with Gasteiger partial charge in [-0.25, -0.2) is 4.79 Å². The number of nitrogens with one attached hydrogen (secondary N) is 2. The van der Waals surface area contributed by atoms with Crippen LogP contribution in [-0.4, -0.2) is 42.4 Å². The number of benzene rings is 1. The average Bonchev–Trinajstić information content (AvgIpc) is 2.38. The lowest BCUT2D eigenvalue weighted by Crippen LogP contribution is -2.31. The van der Waals surface area contributed by atoms with Gasteiger partial charge in [0.05, 0.1) is 24.7 Å². The second-order valence-electron chi connectivity index (χ2n) is 3.52. The fourth-order valence-electron chi connectivity index (χ4n) is 1.28. The predicted octanol–water partition coefficient (Wildman–Crippen LogP) is 0.725. The number of non-ortho nitro benzene ring substituents is 1. The molecule has 0 fully saturated rings. The van der Waals surface area contributed by atoms with Crippen molar-refractivity contribution in [3.8, 4) is 0 Å². The number of hydrogen-bond acceptors (Lipinski definition) is 5. The lowest BCUT2D eigenvalue weighted by atomic mass is 10.3. The van der Waals surface area contributed by atoms with Crippen LogP contribution in [0.4, 0.5) is 16.2 Å². The molecule has 8 nitrogen and oxygen atoms in total. The van der Waals surface area contributed by atoms with Gasteiger partial charge in [0.1, 0.15) is 0 Å². The number of ether oxygens (including phenoxy) is 1. The summed E-state index contributed by atoms with van der Waals surface area (Å²) in [7, 11) is 0. The molecular formula is C11H15N3O5. The van der Waals surface area contributed by atoms with Crippen molar-refractivity contribution >= 4 is 17.4 Å². The molecule has 0 aliphatic heterocycles. The van der Waals surface area contributed by atoms with Crippen LogP contribution in [0.1, 0.15) is 0 Å². The SMILES string of the molecule is O=C(NCCOCCO)Nc1cccc([N+](=O)[O-])c1. The van der Waals surface area contributed by atoms with E-state index in [9.17, 15) is 14.9 Å². The molecule has 0 aliphatic carbocycles. The van der Waals surface area contributed by atoms with Crippen molar-refractivity contribution < 1.29 is 19.6 Å². The smallest absolute Gasteiger partial charge is 0.319 e. The molecule has 0 atom stereocenters. The summed E-state index contributed by atoms with van der Waals surface area (Å²) >= 11 is 0. The van der Waals surface area contributed by atoms with Crippen molar-refractivity contribution in [2.75, 3.05) is 31.7 Å². The maximum atomic E-state index is 11.4. The maximum absolute atomic E-state index is 11.4. The summed E-state index contributed by atoms with van der Waals surface area (Å²) < 4.78 is 4.95. The minimum Gasteiger partial charge on any atom is -0.394 e. The molecular weight excluding hydrogens is 254 g/mol. The van der Waals surface area contributed by atoms with E-state index < -0.39 is 11.0 Å². The Morgan fingerprint density at radius 1 is 1.42 bits per heavy atom. The van der Waals surface area contributed by atoms with Gasteiger partial charge >= 0.3 is 6.03 Å². The molecule has 0 heterocycles. The van der Waals surface area contributed by atoms with E-state index in [0.717, 1.165) is 0 Å². The number of rotatable bonds is 7. The van der Waals surface area contributed by atoms with E-state index in [1.807, 2.05) is 0 Å². The van der Waals surface area contributed by atoms with Crippen molar-refractivity contribution in [1.82, 2.24) is 5.32 Å². The Labute approximate surface area is 109 Å². The van der Waals surface area contributed by atoms with Crippen molar-refractivity contribution in [3.63, 3.8) is 0 Å². The van der Waals surface area contributed by atoms with Crippen molar-refractivity contribution in [2.45, 2.75) is 0 Å². The zero-order chi connectivity index (χ0) is 14.1. The number of nitro benzene ring substituents is 1. The second kappa shape index (κ2) is 8.01. The molecule has 0 bridgehead atoms. The first-order valence-corrected chi connectivity index (χ1v) is 5.61. The highest BCUT2D eigenvalue weighted by atomic mass is 16.6. The van der Waals surface area contributed by atoms with Gasteiger partial charge in [-0.2, -0.15) is 0 Å². The standard InChI is InChI=1S/C11H15N3O5/c15-5-7-19-6-4-12-11(16)13-9-2-1-3-10(8-9)14(17)18/h1-3,8,15H,4-7H2,(H2,12,13,16). The van der Waals surface area contributed by atoms with Crippen LogP contribution in [0.3, 0.4) is 0 Å². The lowest BCUT2D eigenvalue weighted by molar-refractivity contribution is -0.384. The molecule has 0 spiro atoms. The largest absolute Gasteiger partial charge is 0.394 e. The van der Waals surface area contributed by atoms with Crippen LogP contribution in [0.15, 0.2) is 24.3 Å². The van der Waals surface area contributed by atoms with Gasteiger partial charge in [0.25, 0.3) is 5.69 Å².